The van der Waals surface area contributed by atoms with E-state index in [1.54, 1.807) is 23.4 Å². The van der Waals surface area contributed by atoms with Crippen molar-refractivity contribution in [3.05, 3.63) is 82.6 Å². The topological polar surface area (TPSA) is 159 Å². The molecule has 4 aliphatic heterocycles. The Morgan fingerprint density at radius 3 is 2.28 bits per heavy atom. The van der Waals surface area contributed by atoms with Crippen LogP contribution in [0.2, 0.25) is 5.15 Å². The number of ether oxygens (including phenoxy) is 5. The predicted octanol–water partition coefficient (Wildman–Crippen LogP) is 7.30. The van der Waals surface area contributed by atoms with Gasteiger partial charge in [0.1, 0.15) is 34.7 Å². The summed E-state index contributed by atoms with van der Waals surface area (Å²) in [5.41, 5.74) is -0.842. The lowest BCUT2D eigenvalue weighted by Gasteiger charge is -2.51. The maximum atomic E-state index is 15.0. The number of ketones is 2. The SMILES string of the molecule is CCC1OC(=O)[C@H](C)C(=O)[C@H](C)[C@@]2(O[C@@H]3OC2C[C@H](N(C)Cc2c(C)nn(-c4ccccc4)c2Cl)[C@H]3O)[C@](C)(OC)C[C@@H](C)C(=O)[C@H](C)[C@H]2N(CCCCc3ccccc3)C(=O)O[C@]12C. The Bertz CT molecular complexity index is 2210. The molecule has 1 amide bonds. The number of nitrogens with zero attached hydrogens (tertiary/aromatic N) is 4. The molecule has 1 spiro atoms. The number of para-hydroxylation sites is 1. The Hall–Kier alpha value is -4.18. The molecule has 1 N–H and O–H groups in total. The number of aryl methyl sites for hydroxylation is 2. The van der Waals surface area contributed by atoms with Crippen molar-refractivity contribution < 1.29 is 48.0 Å². The van der Waals surface area contributed by atoms with E-state index in [1.807, 2.05) is 95.1 Å². The second-order valence-electron chi connectivity index (χ2n) is 19.3. The summed E-state index contributed by atoms with van der Waals surface area (Å²) in [5, 5.41) is 17.2. The highest BCUT2D eigenvalue weighted by Crippen LogP contribution is 2.54. The fraction of sp³-hybridized carbons (Fsp3) is 0.620. The standard InChI is InChI=1S/C50H67ClN4O10/c1-11-38-49(8)43(54(47(60)65-49)25-19-18-22-34-20-14-12-15-21-34)30(3)40(56)29(2)27-48(7,61-10)50(32(5)41(57)31(4)45(59)62-38)39-26-37(42(58)46(63-39)64-50)53(9)28-36-33(6)52-55(44(36)51)35-23-16-13-17-24-35/h12-17,20-21,23-24,29-32,37-39,42-43,46,58H,11,18-19,22,25-28H2,1-10H3/t29-,30+,31-,32+,37+,38?,39?,42-,43-,46+,48-,49-,50+/m1/s1. The quantitative estimate of drug-likeness (QED) is 0.117. The van der Waals surface area contributed by atoms with Crippen molar-refractivity contribution in [1.82, 2.24) is 19.6 Å². The van der Waals surface area contributed by atoms with E-state index in [2.05, 4.69) is 12.1 Å². The lowest BCUT2D eigenvalue weighted by Crippen LogP contribution is -2.66. The number of amides is 1. The minimum absolute atomic E-state index is 0.0896. The van der Waals surface area contributed by atoms with Crippen LogP contribution < -0.4 is 0 Å². The summed E-state index contributed by atoms with van der Waals surface area (Å²) in [6.07, 6.45) is -1.88. The highest BCUT2D eigenvalue weighted by atomic mass is 35.5. The van der Waals surface area contributed by atoms with E-state index < -0.39 is 95.0 Å². The first-order valence-corrected chi connectivity index (χ1v) is 23.6. The van der Waals surface area contributed by atoms with Gasteiger partial charge in [0.15, 0.2) is 17.7 Å². The first kappa shape index (κ1) is 48.7. The van der Waals surface area contributed by atoms with Crippen molar-refractivity contribution in [2.24, 2.45) is 23.7 Å². The number of rotatable bonds is 11. The van der Waals surface area contributed by atoms with Crippen LogP contribution in [-0.2, 0) is 51.0 Å². The van der Waals surface area contributed by atoms with Gasteiger partial charge < -0.3 is 33.7 Å². The van der Waals surface area contributed by atoms with Gasteiger partial charge in [-0.15, -0.1) is 0 Å². The van der Waals surface area contributed by atoms with Crippen molar-refractivity contribution in [1.29, 1.82) is 0 Å². The summed E-state index contributed by atoms with van der Waals surface area (Å²) in [6, 6.07) is 18.4. The lowest BCUT2D eigenvalue weighted by atomic mass is 9.64. The molecule has 4 saturated heterocycles. The molecule has 15 heteroatoms. The molecule has 3 aromatic rings. The van der Waals surface area contributed by atoms with Gasteiger partial charge in [0.2, 0.25) is 0 Å². The van der Waals surface area contributed by atoms with Crippen LogP contribution in [0, 0.1) is 30.6 Å². The van der Waals surface area contributed by atoms with Crippen LogP contribution in [0.3, 0.4) is 0 Å². The maximum absolute atomic E-state index is 15.0. The van der Waals surface area contributed by atoms with Crippen molar-refractivity contribution in [2.75, 3.05) is 20.7 Å². The second-order valence-corrected chi connectivity index (χ2v) is 19.6. The minimum Gasteiger partial charge on any atom is -0.458 e. The fourth-order valence-corrected chi connectivity index (χ4v) is 11.9. The molecule has 7 rings (SSSR count). The molecule has 2 bridgehead atoms. The number of carbonyl (C=O) groups is 4. The zero-order valence-corrected chi connectivity index (χ0v) is 40.2. The van der Waals surface area contributed by atoms with Gasteiger partial charge in [0.25, 0.3) is 0 Å². The Morgan fingerprint density at radius 1 is 0.969 bits per heavy atom. The third-order valence-electron chi connectivity index (χ3n) is 15.2. The molecule has 5 heterocycles. The minimum atomic E-state index is -1.59. The molecule has 0 saturated carbocycles. The van der Waals surface area contributed by atoms with Gasteiger partial charge in [-0.3, -0.25) is 19.3 Å². The monoisotopic (exact) mass is 918 g/mol. The molecule has 4 aliphatic rings. The smallest absolute Gasteiger partial charge is 0.410 e. The largest absolute Gasteiger partial charge is 0.458 e. The van der Waals surface area contributed by atoms with E-state index in [-0.39, 0.29) is 25.0 Å². The van der Waals surface area contributed by atoms with Crippen molar-refractivity contribution in [3.8, 4) is 5.69 Å². The fourth-order valence-electron chi connectivity index (χ4n) is 11.5. The second kappa shape index (κ2) is 19.2. The zero-order chi connectivity index (χ0) is 47.2. The van der Waals surface area contributed by atoms with Crippen LogP contribution >= 0.6 is 11.6 Å². The first-order valence-electron chi connectivity index (χ1n) is 23.2. The number of aliphatic hydroxyl groups excluding tert-OH is 1. The molecule has 65 heavy (non-hydrogen) atoms. The summed E-state index contributed by atoms with van der Waals surface area (Å²) >= 11 is 6.97. The van der Waals surface area contributed by atoms with Crippen LogP contribution in [0.4, 0.5) is 4.79 Å². The number of carbonyl (C=O) groups excluding carboxylic acids is 4. The highest BCUT2D eigenvalue weighted by Gasteiger charge is 2.70. The summed E-state index contributed by atoms with van der Waals surface area (Å²) in [5.74, 6) is -5.19. The first-order chi connectivity index (χ1) is 30.8. The molecular weight excluding hydrogens is 852 g/mol. The Labute approximate surface area is 388 Å². The van der Waals surface area contributed by atoms with Crippen LogP contribution in [0.25, 0.3) is 5.69 Å². The van der Waals surface area contributed by atoms with E-state index in [1.165, 1.54) is 19.6 Å². The number of esters is 1. The van der Waals surface area contributed by atoms with E-state index in [9.17, 15) is 19.5 Å². The van der Waals surface area contributed by atoms with Gasteiger partial charge in [0, 0.05) is 43.6 Å². The Morgan fingerprint density at radius 2 is 1.63 bits per heavy atom. The van der Waals surface area contributed by atoms with Gasteiger partial charge in [-0.05, 0) is 91.0 Å². The number of unbranched alkanes of at least 4 members (excludes halogenated alkanes) is 1. The number of Topliss-reactive ketones (excluding diaryl/α,β-unsaturated/α-hetero) is 2. The average molecular weight is 920 g/mol. The summed E-state index contributed by atoms with van der Waals surface area (Å²) in [6.45, 7) is 14.8. The van der Waals surface area contributed by atoms with Crippen molar-refractivity contribution >= 4 is 35.2 Å². The number of methoxy groups -OCH3 is 1. The van der Waals surface area contributed by atoms with Crippen LogP contribution in [0.5, 0.6) is 0 Å². The van der Waals surface area contributed by atoms with E-state index in [0.717, 1.165) is 29.8 Å². The van der Waals surface area contributed by atoms with Crippen LogP contribution in [0.15, 0.2) is 60.7 Å². The Kier molecular flexibility index (Phi) is 14.4. The van der Waals surface area contributed by atoms with Gasteiger partial charge in [0.05, 0.1) is 35.0 Å². The number of aliphatic hydroxyl groups is 1. The molecule has 13 atom stereocenters. The van der Waals surface area contributed by atoms with Gasteiger partial charge in [-0.1, -0.05) is 87.8 Å². The molecule has 0 radical (unpaired) electrons. The van der Waals surface area contributed by atoms with Crippen LogP contribution in [-0.4, -0.2) is 123 Å². The molecule has 4 fully saturated rings. The van der Waals surface area contributed by atoms with E-state index in [4.69, 9.17) is 40.4 Å². The molecule has 354 valence electrons. The van der Waals surface area contributed by atoms with Gasteiger partial charge in [-0.25, -0.2) is 9.48 Å². The van der Waals surface area contributed by atoms with Gasteiger partial charge >= 0.3 is 12.1 Å². The number of cyclic esters (lactones) is 1. The Balaban J connectivity index is 1.21. The predicted molar refractivity (Wildman–Crippen MR) is 243 cm³/mol. The third-order valence-corrected chi connectivity index (χ3v) is 15.6. The zero-order valence-electron chi connectivity index (χ0n) is 39.5. The number of halogens is 1. The summed E-state index contributed by atoms with van der Waals surface area (Å²) < 4.78 is 34.1. The number of aromatic nitrogens is 2. The molecular formula is C50H67ClN4O10. The van der Waals surface area contributed by atoms with Crippen molar-refractivity contribution in [3.63, 3.8) is 0 Å². The van der Waals surface area contributed by atoms with E-state index in [0.29, 0.717) is 24.7 Å². The molecule has 14 nitrogen and oxygen atoms in total. The lowest BCUT2D eigenvalue weighted by molar-refractivity contribution is -0.229. The molecule has 2 aromatic carbocycles. The molecule has 0 aliphatic carbocycles. The van der Waals surface area contributed by atoms with E-state index >= 15 is 4.79 Å². The third kappa shape index (κ3) is 8.68. The number of fused-ring (bicyclic) bond motifs is 4. The number of hydrogen-bond donors (Lipinski definition) is 1. The summed E-state index contributed by atoms with van der Waals surface area (Å²) in [7, 11) is 3.41. The van der Waals surface area contributed by atoms with Crippen molar-refractivity contribution in [2.45, 2.75) is 154 Å². The number of benzene rings is 2. The number of hydrogen-bond acceptors (Lipinski definition) is 12. The average Bonchev–Trinajstić information content (AvgIpc) is 3.89. The maximum Gasteiger partial charge on any atom is 0.410 e. The van der Waals surface area contributed by atoms with Gasteiger partial charge in [-0.2, -0.15) is 5.10 Å². The summed E-state index contributed by atoms with van der Waals surface area (Å²) in [4.78, 5) is 61.8. The normalized spacial score (nSPS) is 35.6. The number of likely N-dealkylation sites (N-methyl/N-ethyl adjacent to an activating group) is 1. The molecule has 1 aromatic heterocycles. The molecule has 2 unspecified atom stereocenters. The highest BCUT2D eigenvalue weighted by molar-refractivity contribution is 6.30. The van der Waals surface area contributed by atoms with Crippen LogP contribution in [0.1, 0.15) is 97.4 Å².